The molecular weight excluding hydrogens is 186 g/mol. The largest absolute Gasteiger partial charge is 0.481 e. The van der Waals surface area contributed by atoms with E-state index in [2.05, 4.69) is 0 Å². The molecule has 0 fully saturated rings. The van der Waals surface area contributed by atoms with Crippen molar-refractivity contribution < 1.29 is 9.90 Å². The molecule has 0 aliphatic rings. The molecule has 13 heavy (non-hydrogen) atoms. The average molecular weight is 193 g/mol. The lowest BCUT2D eigenvalue weighted by atomic mass is 10.2. The van der Waals surface area contributed by atoms with Crippen LogP contribution in [0.5, 0.6) is 0 Å². The summed E-state index contributed by atoms with van der Waals surface area (Å²) in [7, 11) is 0. The Morgan fingerprint density at radius 1 is 1.77 bits per heavy atom. The fourth-order valence-corrected chi connectivity index (χ4v) is 1.71. The smallest absolute Gasteiger partial charge is 0.308 e. The van der Waals surface area contributed by atoms with Crippen LogP contribution in [0.3, 0.4) is 0 Å². The number of nitrogens with zero attached hydrogens (tertiary/aromatic N) is 1. The summed E-state index contributed by atoms with van der Waals surface area (Å²) >= 11 is 1.39. The molecule has 4 heteroatoms. The zero-order valence-electron chi connectivity index (χ0n) is 6.73. The van der Waals surface area contributed by atoms with E-state index in [1.807, 2.05) is 11.4 Å². The van der Waals surface area contributed by atoms with Crippen LogP contribution in [0.2, 0.25) is 0 Å². The quantitative estimate of drug-likeness (QED) is 0.746. The Morgan fingerprint density at radius 2 is 2.54 bits per heavy atom. The van der Waals surface area contributed by atoms with Crippen LogP contribution in [0.15, 0.2) is 17.5 Å². The van der Waals surface area contributed by atoms with E-state index in [-0.39, 0.29) is 6.42 Å². The molecule has 0 aliphatic heterocycles. The molecule has 0 aliphatic carbocycles. The normalized spacial score (nSPS) is 10.1. The fourth-order valence-electron chi connectivity index (χ4n) is 0.860. The van der Waals surface area contributed by atoms with E-state index in [0.29, 0.717) is 0 Å². The SMILES string of the molecule is N#CC=Cc1csc(CC(=O)O)c1. The first-order valence-corrected chi connectivity index (χ1v) is 4.45. The van der Waals surface area contributed by atoms with Gasteiger partial charge in [0.25, 0.3) is 0 Å². The van der Waals surface area contributed by atoms with Gasteiger partial charge in [-0.1, -0.05) is 0 Å². The number of hydrogen-bond acceptors (Lipinski definition) is 3. The third kappa shape index (κ3) is 3.09. The maximum atomic E-state index is 10.3. The summed E-state index contributed by atoms with van der Waals surface area (Å²) in [6, 6.07) is 3.64. The van der Waals surface area contributed by atoms with Crippen LogP contribution in [0.4, 0.5) is 0 Å². The summed E-state index contributed by atoms with van der Waals surface area (Å²) in [5, 5.41) is 18.6. The lowest BCUT2D eigenvalue weighted by Crippen LogP contribution is -1.97. The Morgan fingerprint density at radius 3 is 3.15 bits per heavy atom. The van der Waals surface area contributed by atoms with Gasteiger partial charge in [0.1, 0.15) is 0 Å². The highest BCUT2D eigenvalue weighted by Gasteiger charge is 2.02. The maximum absolute atomic E-state index is 10.3. The minimum Gasteiger partial charge on any atom is -0.481 e. The minimum absolute atomic E-state index is 0.0467. The molecule has 0 spiro atoms. The monoisotopic (exact) mass is 193 g/mol. The highest BCUT2D eigenvalue weighted by atomic mass is 32.1. The third-order valence-corrected chi connectivity index (χ3v) is 2.30. The second-order valence-corrected chi connectivity index (χ2v) is 3.38. The van der Waals surface area contributed by atoms with Gasteiger partial charge in [-0.3, -0.25) is 4.79 Å². The van der Waals surface area contributed by atoms with Gasteiger partial charge in [0.05, 0.1) is 12.5 Å². The Labute approximate surface area is 79.6 Å². The molecule has 0 saturated heterocycles. The Hall–Kier alpha value is -1.60. The number of thiophene rings is 1. The Bertz CT molecular complexity index is 373. The molecule has 66 valence electrons. The summed E-state index contributed by atoms with van der Waals surface area (Å²) < 4.78 is 0. The number of aliphatic carboxylic acids is 1. The maximum Gasteiger partial charge on any atom is 0.308 e. The first-order chi connectivity index (χ1) is 6.22. The van der Waals surface area contributed by atoms with Crippen LogP contribution in [0.1, 0.15) is 10.4 Å². The number of nitriles is 1. The molecule has 0 saturated carbocycles. The molecule has 1 rings (SSSR count). The standard InChI is InChI=1S/C9H7NO2S/c10-3-1-2-7-4-8(13-6-7)5-9(11)12/h1-2,4,6H,5H2,(H,11,12). The first kappa shape index (κ1) is 9.49. The molecular formula is C9H7NO2S. The molecule has 1 aromatic rings. The van der Waals surface area contributed by atoms with Gasteiger partial charge in [-0.05, 0) is 23.1 Å². The highest BCUT2D eigenvalue weighted by molar-refractivity contribution is 7.10. The van der Waals surface area contributed by atoms with Crippen molar-refractivity contribution in [2.45, 2.75) is 6.42 Å². The van der Waals surface area contributed by atoms with Crippen molar-refractivity contribution in [3.63, 3.8) is 0 Å². The topological polar surface area (TPSA) is 61.1 Å². The van der Waals surface area contributed by atoms with E-state index in [0.717, 1.165) is 10.4 Å². The number of rotatable bonds is 3. The summed E-state index contributed by atoms with van der Waals surface area (Å²) in [5.41, 5.74) is 0.878. The highest BCUT2D eigenvalue weighted by Crippen LogP contribution is 2.16. The van der Waals surface area contributed by atoms with Crippen molar-refractivity contribution >= 4 is 23.4 Å². The van der Waals surface area contributed by atoms with Crippen LogP contribution in [0.25, 0.3) is 6.08 Å². The van der Waals surface area contributed by atoms with Gasteiger partial charge < -0.3 is 5.11 Å². The van der Waals surface area contributed by atoms with E-state index < -0.39 is 5.97 Å². The molecule has 0 unspecified atom stereocenters. The van der Waals surface area contributed by atoms with E-state index in [9.17, 15) is 4.79 Å². The van der Waals surface area contributed by atoms with Crippen LogP contribution in [0, 0.1) is 11.3 Å². The molecule has 1 heterocycles. The molecule has 0 amide bonds. The molecule has 1 N–H and O–H groups in total. The lowest BCUT2D eigenvalue weighted by molar-refractivity contribution is -0.136. The van der Waals surface area contributed by atoms with Crippen molar-refractivity contribution in [3.05, 3.63) is 28.0 Å². The fraction of sp³-hybridized carbons (Fsp3) is 0.111. The minimum atomic E-state index is -0.835. The van der Waals surface area contributed by atoms with E-state index in [1.54, 1.807) is 12.1 Å². The van der Waals surface area contributed by atoms with Gasteiger partial charge >= 0.3 is 5.97 Å². The van der Waals surface area contributed by atoms with Gasteiger partial charge in [-0.15, -0.1) is 11.3 Å². The Balaban J connectivity index is 2.70. The van der Waals surface area contributed by atoms with Crippen molar-refractivity contribution in [1.82, 2.24) is 0 Å². The van der Waals surface area contributed by atoms with Gasteiger partial charge in [0.2, 0.25) is 0 Å². The van der Waals surface area contributed by atoms with E-state index in [4.69, 9.17) is 10.4 Å². The van der Waals surface area contributed by atoms with Crippen molar-refractivity contribution in [3.8, 4) is 6.07 Å². The summed E-state index contributed by atoms with van der Waals surface area (Å²) in [6.07, 6.45) is 3.07. The number of carbonyl (C=O) groups is 1. The summed E-state index contributed by atoms with van der Waals surface area (Å²) in [4.78, 5) is 11.1. The number of hydrogen-bond donors (Lipinski definition) is 1. The van der Waals surface area contributed by atoms with Crippen molar-refractivity contribution in [2.75, 3.05) is 0 Å². The number of allylic oxidation sites excluding steroid dienone is 1. The predicted octanol–water partition coefficient (Wildman–Crippen LogP) is 1.91. The second kappa shape index (κ2) is 4.43. The first-order valence-electron chi connectivity index (χ1n) is 3.57. The van der Waals surface area contributed by atoms with Crippen molar-refractivity contribution in [1.29, 1.82) is 5.26 Å². The second-order valence-electron chi connectivity index (χ2n) is 2.38. The molecule has 0 radical (unpaired) electrons. The molecule has 0 aromatic carbocycles. The van der Waals surface area contributed by atoms with Crippen molar-refractivity contribution in [2.24, 2.45) is 0 Å². The molecule has 3 nitrogen and oxygen atoms in total. The zero-order valence-corrected chi connectivity index (χ0v) is 7.54. The summed E-state index contributed by atoms with van der Waals surface area (Å²) in [5.74, 6) is -0.835. The molecule has 0 atom stereocenters. The van der Waals surface area contributed by atoms with Gasteiger partial charge in [-0.25, -0.2) is 0 Å². The van der Waals surface area contributed by atoms with Gasteiger partial charge in [-0.2, -0.15) is 5.26 Å². The predicted molar refractivity (Wildman–Crippen MR) is 50.3 cm³/mol. The van der Waals surface area contributed by atoms with Crippen LogP contribution in [-0.2, 0) is 11.2 Å². The summed E-state index contributed by atoms with van der Waals surface area (Å²) in [6.45, 7) is 0. The molecule has 1 aromatic heterocycles. The average Bonchev–Trinajstić information content (AvgIpc) is 2.48. The lowest BCUT2D eigenvalue weighted by Gasteiger charge is -1.86. The van der Waals surface area contributed by atoms with Gasteiger partial charge in [0.15, 0.2) is 0 Å². The van der Waals surface area contributed by atoms with Gasteiger partial charge in [0, 0.05) is 11.0 Å². The van der Waals surface area contributed by atoms with Crippen LogP contribution >= 0.6 is 11.3 Å². The number of carboxylic acids is 1. The molecule has 0 bridgehead atoms. The zero-order chi connectivity index (χ0) is 9.68. The van der Waals surface area contributed by atoms with E-state index >= 15 is 0 Å². The Kier molecular flexibility index (Phi) is 3.23. The van der Waals surface area contributed by atoms with Crippen LogP contribution < -0.4 is 0 Å². The third-order valence-electron chi connectivity index (χ3n) is 1.35. The number of carboxylic acid groups (broad SMARTS) is 1. The van der Waals surface area contributed by atoms with E-state index in [1.165, 1.54) is 17.4 Å². The van der Waals surface area contributed by atoms with Crippen LogP contribution in [-0.4, -0.2) is 11.1 Å².